The van der Waals surface area contributed by atoms with Crippen molar-refractivity contribution < 1.29 is 0 Å². The van der Waals surface area contributed by atoms with Gasteiger partial charge in [-0.05, 0) is 126 Å². The third kappa shape index (κ3) is 14.8. The highest BCUT2D eigenvalue weighted by atomic mass is 15.1. The Kier molecular flexibility index (Phi) is 19.9. The molecule has 4 N–H and O–H groups in total. The van der Waals surface area contributed by atoms with E-state index < -0.39 is 0 Å². The number of allylic oxidation sites excluding steroid dienone is 6. The summed E-state index contributed by atoms with van der Waals surface area (Å²) in [6, 6.07) is 82.2. The Morgan fingerprint density at radius 3 is 1.73 bits per heavy atom. The fraction of sp³-hybridized carbons (Fsp3) is 0.0986. The Balaban J connectivity index is 0.000000189. The van der Waals surface area contributed by atoms with Crippen LogP contribution in [0.4, 0.5) is 11.4 Å². The van der Waals surface area contributed by atoms with Gasteiger partial charge < -0.3 is 20.9 Å². The largest absolute Gasteiger partial charge is 0.398 e. The maximum absolute atomic E-state index is 6.00. The second kappa shape index (κ2) is 27.8. The summed E-state index contributed by atoms with van der Waals surface area (Å²) >= 11 is 0. The SMILES string of the molecule is C=C1/C=C\C=C/N(c2cccc(CN)c2)c2ccc(-c3ccc4c(c3)c3ccccc3n4-c3ccccc3)cc21.C=CC.CC(C)c1ccccc1.Cc1ccccc1.N/C(=C\Cc1ccccc1)c1ccccc1. The van der Waals surface area contributed by atoms with Crippen molar-refractivity contribution in [3.63, 3.8) is 0 Å². The van der Waals surface area contributed by atoms with Crippen LogP contribution in [0.25, 0.3) is 49.9 Å². The van der Waals surface area contributed by atoms with Crippen LogP contribution < -0.4 is 16.4 Å². The first-order valence-electron chi connectivity index (χ1n) is 25.7. The Morgan fingerprint density at radius 2 is 1.11 bits per heavy atom. The van der Waals surface area contributed by atoms with Crippen molar-refractivity contribution in [3.05, 3.63) is 320 Å². The van der Waals surface area contributed by atoms with Gasteiger partial charge in [0.1, 0.15) is 0 Å². The molecule has 0 aliphatic carbocycles. The predicted molar refractivity (Wildman–Crippen MR) is 326 cm³/mol. The van der Waals surface area contributed by atoms with Crippen molar-refractivity contribution in [2.45, 2.75) is 46.6 Å². The molecule has 0 unspecified atom stereocenters. The molecule has 11 rings (SSSR count). The Labute approximate surface area is 446 Å². The summed E-state index contributed by atoms with van der Waals surface area (Å²) in [5.74, 6) is 0.659. The summed E-state index contributed by atoms with van der Waals surface area (Å²) in [6.07, 6.45) is 13.0. The number of nitrogens with two attached hydrogens (primary N) is 2. The van der Waals surface area contributed by atoms with E-state index in [2.05, 4.69) is 226 Å². The number of fused-ring (bicyclic) bond motifs is 4. The first-order chi connectivity index (χ1) is 36.7. The lowest BCUT2D eigenvalue weighted by Crippen LogP contribution is -2.12. The average Bonchev–Trinajstić information content (AvgIpc) is 3.81. The monoisotopic (exact) mass is 979 g/mol. The van der Waals surface area contributed by atoms with Crippen LogP contribution in [0, 0.1) is 6.92 Å². The standard InChI is InChI=1S/C37H29N3.C15H15N.C9H12.C7H8.C3H6/c1-26-10-7-8-21-39(31-14-9-11-27(22-31)25-38)35-19-17-28(23-33(26)35)29-18-20-37-34(24-29)32-15-5-6-16-36(32)40(37)30-12-3-2-4-13-30;16-15(14-9-5-2-6-10-14)12-11-13-7-3-1-4-8-13;1-8(2)9-6-4-3-5-7-9;1-7-5-3-2-4-6-7;1-3-2/h2-24H,1,25,38H2;1-10,12H,11,16H2;3-8H,1-2H3;2-6H,1H3;3H,1H2,2H3/b10-7-,21-8-;15-12-;;;. The molecule has 10 aromatic rings. The fourth-order valence-corrected chi connectivity index (χ4v) is 8.69. The number of hydrogen-bond donors (Lipinski definition) is 2. The van der Waals surface area contributed by atoms with E-state index in [0.29, 0.717) is 12.5 Å². The van der Waals surface area contributed by atoms with E-state index in [-0.39, 0.29) is 0 Å². The molecule has 4 nitrogen and oxygen atoms in total. The molecular formula is C71H70N4. The van der Waals surface area contributed by atoms with Crippen LogP contribution in [0.5, 0.6) is 0 Å². The van der Waals surface area contributed by atoms with Crippen LogP contribution in [0.2, 0.25) is 0 Å². The third-order valence-corrected chi connectivity index (χ3v) is 12.6. The number of nitrogens with zero attached hydrogens (tertiary/aromatic N) is 2. The first-order valence-corrected chi connectivity index (χ1v) is 25.7. The number of para-hydroxylation sites is 2. The quantitative estimate of drug-likeness (QED) is 0.149. The summed E-state index contributed by atoms with van der Waals surface area (Å²) in [4.78, 5) is 2.21. The van der Waals surface area contributed by atoms with Crippen molar-refractivity contribution in [2.75, 3.05) is 4.90 Å². The molecule has 0 saturated heterocycles. The lowest BCUT2D eigenvalue weighted by atomic mass is 9.95. The summed E-state index contributed by atoms with van der Waals surface area (Å²) in [6.45, 7) is 16.7. The molecule has 0 saturated carbocycles. The summed E-state index contributed by atoms with van der Waals surface area (Å²) in [7, 11) is 0. The van der Waals surface area contributed by atoms with E-state index in [1.54, 1.807) is 6.08 Å². The highest BCUT2D eigenvalue weighted by molar-refractivity contribution is 6.10. The minimum absolute atomic E-state index is 0.507. The van der Waals surface area contributed by atoms with E-state index in [0.717, 1.165) is 57.0 Å². The van der Waals surface area contributed by atoms with Crippen LogP contribution in [-0.2, 0) is 13.0 Å². The van der Waals surface area contributed by atoms with Crippen molar-refractivity contribution in [2.24, 2.45) is 11.5 Å². The lowest BCUT2D eigenvalue weighted by Gasteiger charge is -2.26. The Bertz CT molecular complexity index is 3460. The fourth-order valence-electron chi connectivity index (χ4n) is 8.69. The average molecular weight is 979 g/mol. The number of hydrogen-bond acceptors (Lipinski definition) is 3. The zero-order chi connectivity index (χ0) is 52.8. The van der Waals surface area contributed by atoms with Gasteiger partial charge in [0.05, 0.1) is 16.7 Å². The maximum Gasteiger partial charge on any atom is 0.0541 e. The maximum atomic E-state index is 6.00. The van der Waals surface area contributed by atoms with Crippen LogP contribution in [0.3, 0.4) is 0 Å². The molecule has 0 spiro atoms. The second-order valence-corrected chi connectivity index (χ2v) is 18.5. The summed E-state index contributed by atoms with van der Waals surface area (Å²) in [5.41, 5.74) is 29.1. The van der Waals surface area contributed by atoms with E-state index in [4.69, 9.17) is 11.5 Å². The van der Waals surface area contributed by atoms with Gasteiger partial charge in [0, 0.05) is 46.2 Å². The zero-order valence-electron chi connectivity index (χ0n) is 43.9. The molecule has 1 aromatic heterocycles. The van der Waals surface area contributed by atoms with Gasteiger partial charge >= 0.3 is 0 Å². The van der Waals surface area contributed by atoms with Crippen molar-refractivity contribution in [1.29, 1.82) is 0 Å². The van der Waals surface area contributed by atoms with Gasteiger partial charge in [-0.3, -0.25) is 0 Å². The molecule has 75 heavy (non-hydrogen) atoms. The topological polar surface area (TPSA) is 60.2 Å². The molecule has 1 aliphatic heterocycles. The van der Waals surface area contributed by atoms with Gasteiger partial charge in [0.15, 0.2) is 0 Å². The highest BCUT2D eigenvalue weighted by Gasteiger charge is 2.17. The van der Waals surface area contributed by atoms with Crippen LogP contribution >= 0.6 is 0 Å². The minimum atomic E-state index is 0.507. The van der Waals surface area contributed by atoms with Crippen LogP contribution in [0.15, 0.2) is 286 Å². The van der Waals surface area contributed by atoms with Gasteiger partial charge in [-0.1, -0.05) is 232 Å². The molecule has 0 radical (unpaired) electrons. The van der Waals surface area contributed by atoms with Gasteiger partial charge in [-0.15, -0.1) is 6.58 Å². The first kappa shape index (κ1) is 53.8. The molecule has 1 aliphatic rings. The molecule has 0 fully saturated rings. The van der Waals surface area contributed by atoms with Crippen LogP contribution in [0.1, 0.15) is 60.1 Å². The van der Waals surface area contributed by atoms with E-state index in [1.807, 2.05) is 91.9 Å². The minimum Gasteiger partial charge on any atom is -0.398 e. The second-order valence-electron chi connectivity index (χ2n) is 18.5. The lowest BCUT2D eigenvalue weighted by molar-refractivity contribution is 0.867. The highest BCUT2D eigenvalue weighted by Crippen LogP contribution is 2.39. The van der Waals surface area contributed by atoms with E-state index >= 15 is 0 Å². The molecule has 0 bridgehead atoms. The number of anilines is 2. The van der Waals surface area contributed by atoms with Crippen LogP contribution in [-0.4, -0.2) is 4.57 Å². The number of benzene rings is 9. The van der Waals surface area contributed by atoms with Gasteiger partial charge in [0.2, 0.25) is 0 Å². The number of aromatic nitrogens is 1. The van der Waals surface area contributed by atoms with Crippen molar-refractivity contribution in [3.8, 4) is 16.8 Å². The van der Waals surface area contributed by atoms with Crippen molar-refractivity contribution in [1.82, 2.24) is 4.57 Å². The van der Waals surface area contributed by atoms with Gasteiger partial charge in [-0.2, -0.15) is 0 Å². The molecular weight excluding hydrogens is 909 g/mol. The molecule has 2 heterocycles. The van der Waals surface area contributed by atoms with E-state index in [1.165, 1.54) is 44.1 Å². The number of aryl methyl sites for hydroxylation is 1. The van der Waals surface area contributed by atoms with Crippen molar-refractivity contribution >= 4 is 44.5 Å². The van der Waals surface area contributed by atoms with Gasteiger partial charge in [-0.25, -0.2) is 0 Å². The smallest absolute Gasteiger partial charge is 0.0541 e. The zero-order valence-corrected chi connectivity index (χ0v) is 43.9. The molecule has 0 atom stereocenters. The normalized spacial score (nSPS) is 12.4. The summed E-state index contributed by atoms with van der Waals surface area (Å²) in [5, 5.41) is 2.49. The Hall–Kier alpha value is -8.96. The molecule has 4 heteroatoms. The van der Waals surface area contributed by atoms with Gasteiger partial charge in [0.25, 0.3) is 0 Å². The molecule has 0 amide bonds. The van der Waals surface area contributed by atoms with E-state index in [9.17, 15) is 0 Å². The predicted octanol–water partition coefficient (Wildman–Crippen LogP) is 18.4. The third-order valence-electron chi connectivity index (χ3n) is 12.6. The molecule has 374 valence electrons. The Morgan fingerprint density at radius 1 is 0.560 bits per heavy atom. The summed E-state index contributed by atoms with van der Waals surface area (Å²) < 4.78 is 2.35. The number of rotatable bonds is 8. The molecule has 9 aromatic carbocycles.